The van der Waals surface area contributed by atoms with Crippen LogP contribution in [0.15, 0.2) is 18.2 Å². The number of anilines is 1. The Morgan fingerprint density at radius 3 is 2.75 bits per heavy atom. The molecule has 3 nitrogen and oxygen atoms in total. The second-order valence-corrected chi connectivity index (χ2v) is 4.90. The van der Waals surface area contributed by atoms with Crippen LogP contribution in [0.4, 0.5) is 18.9 Å². The van der Waals surface area contributed by atoms with Crippen LogP contribution in [0.2, 0.25) is 0 Å². The van der Waals surface area contributed by atoms with E-state index in [0.717, 1.165) is 31.9 Å². The summed E-state index contributed by atoms with van der Waals surface area (Å²) in [5, 5.41) is 15.1. The second-order valence-electron chi connectivity index (χ2n) is 4.90. The largest absolute Gasteiger partial charge is 0.417 e. The summed E-state index contributed by atoms with van der Waals surface area (Å²) in [6.07, 6.45) is -1.20. The van der Waals surface area contributed by atoms with Gasteiger partial charge in [-0.1, -0.05) is 6.42 Å². The van der Waals surface area contributed by atoms with E-state index < -0.39 is 11.7 Å². The zero-order valence-corrected chi connectivity index (χ0v) is 10.9. The normalized spacial score (nSPS) is 19.4. The number of nitrogens with zero attached hydrogens (tertiary/aromatic N) is 1. The van der Waals surface area contributed by atoms with Gasteiger partial charge in [-0.2, -0.15) is 18.4 Å². The molecule has 1 aliphatic heterocycles. The average Bonchev–Trinajstić information content (AvgIpc) is 2.45. The van der Waals surface area contributed by atoms with Gasteiger partial charge in [0.25, 0.3) is 0 Å². The topological polar surface area (TPSA) is 47.9 Å². The van der Waals surface area contributed by atoms with E-state index in [1.807, 2.05) is 0 Å². The minimum Gasteiger partial charge on any atom is -0.383 e. The molecule has 1 unspecified atom stereocenters. The summed E-state index contributed by atoms with van der Waals surface area (Å²) in [7, 11) is 0. The fourth-order valence-corrected chi connectivity index (χ4v) is 2.33. The maximum Gasteiger partial charge on any atom is 0.417 e. The summed E-state index contributed by atoms with van der Waals surface area (Å²) in [4.78, 5) is 0. The van der Waals surface area contributed by atoms with Gasteiger partial charge in [-0.25, -0.2) is 0 Å². The lowest BCUT2D eigenvalue weighted by Crippen LogP contribution is -2.39. The Labute approximate surface area is 115 Å². The molecule has 0 spiro atoms. The Balaban J connectivity index is 2.07. The first-order valence-electron chi connectivity index (χ1n) is 6.59. The summed E-state index contributed by atoms with van der Waals surface area (Å²) >= 11 is 0. The van der Waals surface area contributed by atoms with E-state index in [-0.39, 0.29) is 11.6 Å². The summed E-state index contributed by atoms with van der Waals surface area (Å²) in [5.74, 6) is 0. The fourth-order valence-electron chi connectivity index (χ4n) is 2.33. The van der Waals surface area contributed by atoms with Crippen molar-refractivity contribution < 1.29 is 13.2 Å². The molecule has 0 amide bonds. The van der Waals surface area contributed by atoms with E-state index in [2.05, 4.69) is 10.6 Å². The van der Waals surface area contributed by atoms with E-state index in [4.69, 9.17) is 5.26 Å². The minimum atomic E-state index is -4.51. The molecule has 2 rings (SSSR count). The van der Waals surface area contributed by atoms with Crippen molar-refractivity contribution in [1.82, 2.24) is 5.32 Å². The molecular weight excluding hydrogens is 267 g/mol. The maximum atomic E-state index is 12.8. The zero-order valence-electron chi connectivity index (χ0n) is 10.9. The molecule has 0 saturated carbocycles. The van der Waals surface area contributed by atoms with Crippen LogP contribution in [-0.2, 0) is 6.18 Å². The number of piperidine rings is 1. The van der Waals surface area contributed by atoms with Crippen molar-refractivity contribution in [3.63, 3.8) is 0 Å². The number of nitrogens with one attached hydrogen (secondary N) is 2. The molecule has 2 N–H and O–H groups in total. The molecule has 0 bridgehead atoms. The Morgan fingerprint density at radius 2 is 2.15 bits per heavy atom. The number of nitriles is 1. The first kappa shape index (κ1) is 14.7. The molecule has 1 heterocycles. The molecule has 0 radical (unpaired) electrons. The van der Waals surface area contributed by atoms with Crippen molar-refractivity contribution in [2.45, 2.75) is 31.5 Å². The molecule has 1 aliphatic rings. The molecule has 20 heavy (non-hydrogen) atoms. The standard InChI is InChI=1S/C14H16F3N3/c15-14(16,17)13-7-11(5-4-10(13)8-18)20-9-12-3-1-2-6-19-12/h4-5,7,12,19-20H,1-3,6,9H2. The van der Waals surface area contributed by atoms with Crippen molar-refractivity contribution in [3.05, 3.63) is 29.3 Å². The van der Waals surface area contributed by atoms with E-state index in [0.29, 0.717) is 12.2 Å². The third-order valence-electron chi connectivity index (χ3n) is 3.41. The van der Waals surface area contributed by atoms with Gasteiger partial charge < -0.3 is 10.6 Å². The highest BCUT2D eigenvalue weighted by Crippen LogP contribution is 2.33. The number of alkyl halides is 3. The summed E-state index contributed by atoms with van der Waals surface area (Å²) in [6, 6.07) is 5.58. The SMILES string of the molecule is N#Cc1ccc(NCC2CCCCN2)cc1C(F)(F)F. The fraction of sp³-hybridized carbons (Fsp3) is 0.500. The minimum absolute atomic E-state index is 0.286. The quantitative estimate of drug-likeness (QED) is 0.896. The molecule has 6 heteroatoms. The third kappa shape index (κ3) is 3.64. The van der Waals surface area contributed by atoms with Crippen LogP contribution < -0.4 is 10.6 Å². The Kier molecular flexibility index (Phi) is 4.50. The van der Waals surface area contributed by atoms with E-state index in [1.165, 1.54) is 12.1 Å². The first-order valence-corrected chi connectivity index (χ1v) is 6.59. The van der Waals surface area contributed by atoms with Gasteiger partial charge in [0.2, 0.25) is 0 Å². The Hall–Kier alpha value is -1.74. The van der Waals surface area contributed by atoms with E-state index >= 15 is 0 Å². The van der Waals surface area contributed by atoms with Crippen molar-refractivity contribution >= 4 is 5.69 Å². The first-order chi connectivity index (χ1) is 9.50. The smallest absolute Gasteiger partial charge is 0.383 e. The highest BCUT2D eigenvalue weighted by Gasteiger charge is 2.33. The van der Waals surface area contributed by atoms with E-state index in [9.17, 15) is 13.2 Å². The maximum absolute atomic E-state index is 12.8. The lowest BCUT2D eigenvalue weighted by molar-refractivity contribution is -0.137. The van der Waals surface area contributed by atoms with Gasteiger partial charge in [0.15, 0.2) is 0 Å². The van der Waals surface area contributed by atoms with Crippen LogP contribution in [0.5, 0.6) is 0 Å². The molecule has 0 aromatic heterocycles. The molecule has 1 aromatic carbocycles. The molecule has 1 atom stereocenters. The summed E-state index contributed by atoms with van der Waals surface area (Å²) in [5.41, 5.74) is -0.843. The van der Waals surface area contributed by atoms with Crippen LogP contribution in [-0.4, -0.2) is 19.1 Å². The van der Waals surface area contributed by atoms with Crippen LogP contribution in [0.3, 0.4) is 0 Å². The molecule has 1 aromatic rings. The van der Waals surface area contributed by atoms with Gasteiger partial charge in [-0.05, 0) is 37.6 Å². The predicted octanol–water partition coefficient (Wildman–Crippen LogP) is 3.13. The van der Waals surface area contributed by atoms with Gasteiger partial charge in [-0.3, -0.25) is 0 Å². The number of benzene rings is 1. The molecule has 0 aliphatic carbocycles. The molecule has 1 saturated heterocycles. The van der Waals surface area contributed by atoms with Crippen LogP contribution in [0.1, 0.15) is 30.4 Å². The van der Waals surface area contributed by atoms with Gasteiger partial charge >= 0.3 is 6.18 Å². The van der Waals surface area contributed by atoms with Gasteiger partial charge in [-0.15, -0.1) is 0 Å². The lowest BCUT2D eigenvalue weighted by Gasteiger charge is -2.24. The van der Waals surface area contributed by atoms with E-state index in [1.54, 1.807) is 6.07 Å². The number of halogens is 3. The predicted molar refractivity (Wildman–Crippen MR) is 70.3 cm³/mol. The number of hydrogen-bond donors (Lipinski definition) is 2. The van der Waals surface area contributed by atoms with Gasteiger partial charge in [0, 0.05) is 18.3 Å². The Morgan fingerprint density at radius 1 is 1.35 bits per heavy atom. The summed E-state index contributed by atoms with van der Waals surface area (Å²) in [6.45, 7) is 1.54. The van der Waals surface area contributed by atoms with Crippen molar-refractivity contribution in [1.29, 1.82) is 5.26 Å². The van der Waals surface area contributed by atoms with Crippen LogP contribution in [0, 0.1) is 11.3 Å². The monoisotopic (exact) mass is 283 g/mol. The number of rotatable bonds is 3. The summed E-state index contributed by atoms with van der Waals surface area (Å²) < 4.78 is 38.5. The van der Waals surface area contributed by atoms with Gasteiger partial charge in [0.1, 0.15) is 0 Å². The lowest BCUT2D eigenvalue weighted by atomic mass is 10.0. The molecular formula is C14H16F3N3. The van der Waals surface area contributed by atoms with Crippen LogP contribution in [0.25, 0.3) is 0 Å². The highest BCUT2D eigenvalue weighted by atomic mass is 19.4. The number of hydrogen-bond acceptors (Lipinski definition) is 3. The molecule has 1 fully saturated rings. The van der Waals surface area contributed by atoms with Crippen molar-refractivity contribution in [3.8, 4) is 6.07 Å². The van der Waals surface area contributed by atoms with Crippen molar-refractivity contribution in [2.24, 2.45) is 0 Å². The Bertz CT molecular complexity index is 499. The second kappa shape index (κ2) is 6.14. The average molecular weight is 283 g/mol. The zero-order chi connectivity index (χ0) is 14.6. The van der Waals surface area contributed by atoms with Gasteiger partial charge in [0.05, 0.1) is 17.2 Å². The third-order valence-corrected chi connectivity index (χ3v) is 3.41. The molecule has 108 valence electrons. The van der Waals surface area contributed by atoms with Crippen LogP contribution >= 0.6 is 0 Å². The highest BCUT2D eigenvalue weighted by molar-refractivity contribution is 5.53. The van der Waals surface area contributed by atoms with Crippen molar-refractivity contribution in [2.75, 3.05) is 18.4 Å².